The summed E-state index contributed by atoms with van der Waals surface area (Å²) in [7, 11) is 0. The van der Waals surface area contributed by atoms with E-state index in [0.717, 1.165) is 26.7 Å². The topological polar surface area (TPSA) is 50.2 Å². The molecular weight excluding hydrogens is 426 g/mol. The zero-order valence-corrected chi connectivity index (χ0v) is 17.4. The van der Waals surface area contributed by atoms with Gasteiger partial charge in [-0.1, -0.05) is 45.7 Å². The summed E-state index contributed by atoms with van der Waals surface area (Å²) in [6.45, 7) is 3.35. The van der Waals surface area contributed by atoms with Crippen LogP contribution in [-0.2, 0) is 16.8 Å². The number of aliphatic hydroxyl groups is 1. The maximum Gasteiger partial charge on any atom is 0.149 e. The number of aromatic nitrogens is 1. The Balaban J connectivity index is 2.42. The first-order valence-electron chi connectivity index (χ1n) is 8.49. The summed E-state index contributed by atoms with van der Waals surface area (Å²) in [5.74, 6) is -0.0228. The fraction of sp³-hybridized carbons (Fsp3) is 0.182. The van der Waals surface area contributed by atoms with Crippen LogP contribution in [0.4, 0.5) is 0 Å². The number of hydrogen-bond acceptors (Lipinski definition) is 3. The maximum absolute atomic E-state index is 13.3. The van der Waals surface area contributed by atoms with Gasteiger partial charge < -0.3 is 5.11 Å². The number of Topliss-reactive ketones (excluding diaryl/α,β-unsaturated/α-hetero) is 1. The van der Waals surface area contributed by atoms with Crippen LogP contribution < -0.4 is 0 Å². The molecule has 3 nitrogen and oxygen atoms in total. The molecular formula is C22H19BrClNO2. The van der Waals surface area contributed by atoms with E-state index in [1.807, 2.05) is 49.4 Å². The Morgan fingerprint density at radius 1 is 1.11 bits per heavy atom. The second-order valence-corrected chi connectivity index (χ2v) is 7.82. The molecule has 27 heavy (non-hydrogen) atoms. The molecule has 1 heterocycles. The van der Waals surface area contributed by atoms with E-state index in [1.165, 1.54) is 0 Å². The highest BCUT2D eigenvalue weighted by Gasteiger charge is 2.42. The molecule has 0 saturated heterocycles. The lowest BCUT2D eigenvalue weighted by atomic mass is 9.66. The predicted octanol–water partition coefficient (Wildman–Crippen LogP) is 5.22. The zero-order chi connectivity index (χ0) is 19.6. The number of benzene rings is 2. The normalized spacial score (nSPS) is 13.2. The number of rotatable bonds is 5. The number of aryl methyl sites for hydroxylation is 1. The molecule has 0 aliphatic heterocycles. The molecule has 0 aliphatic carbocycles. The fourth-order valence-electron chi connectivity index (χ4n) is 3.62. The predicted molar refractivity (Wildman–Crippen MR) is 111 cm³/mol. The van der Waals surface area contributed by atoms with E-state index in [-0.39, 0.29) is 12.4 Å². The molecule has 1 N–H and O–H groups in total. The third-order valence-corrected chi connectivity index (χ3v) is 5.57. The number of hydrogen-bond donors (Lipinski definition) is 1. The fourth-order valence-corrected chi connectivity index (χ4v) is 4.11. The molecule has 0 unspecified atom stereocenters. The smallest absolute Gasteiger partial charge is 0.149 e. The van der Waals surface area contributed by atoms with Gasteiger partial charge in [0.2, 0.25) is 0 Å². The van der Waals surface area contributed by atoms with E-state index < -0.39 is 5.41 Å². The summed E-state index contributed by atoms with van der Waals surface area (Å²) in [6, 6.07) is 16.9. The van der Waals surface area contributed by atoms with Crippen molar-refractivity contribution in [2.75, 3.05) is 0 Å². The maximum atomic E-state index is 13.3. The van der Waals surface area contributed by atoms with Crippen molar-refractivity contribution < 1.29 is 9.90 Å². The summed E-state index contributed by atoms with van der Waals surface area (Å²) in [5.41, 5.74) is 2.88. The molecule has 3 rings (SSSR count). The summed E-state index contributed by atoms with van der Waals surface area (Å²) < 4.78 is 0.933. The van der Waals surface area contributed by atoms with Gasteiger partial charge in [-0.05, 0) is 72.5 Å². The van der Waals surface area contributed by atoms with Crippen molar-refractivity contribution in [3.05, 3.63) is 98.2 Å². The minimum absolute atomic E-state index is 0.0228. The number of halogens is 2. The number of ketones is 1. The number of aliphatic hydroxyl groups excluding tert-OH is 1. The van der Waals surface area contributed by atoms with Crippen LogP contribution in [0.15, 0.2) is 65.3 Å². The molecule has 138 valence electrons. The molecule has 0 radical (unpaired) electrons. The molecule has 3 aromatic rings. The minimum Gasteiger partial charge on any atom is -0.390 e. The van der Waals surface area contributed by atoms with Gasteiger partial charge in [-0.25, -0.2) is 0 Å². The minimum atomic E-state index is -1.03. The number of nitrogens with zero attached hydrogens (tertiary/aromatic N) is 1. The lowest BCUT2D eigenvalue weighted by Gasteiger charge is -2.35. The largest absolute Gasteiger partial charge is 0.390 e. The van der Waals surface area contributed by atoms with Crippen molar-refractivity contribution in [1.29, 1.82) is 0 Å². The summed E-state index contributed by atoms with van der Waals surface area (Å²) in [4.78, 5) is 17.4. The van der Waals surface area contributed by atoms with E-state index in [0.29, 0.717) is 10.7 Å². The van der Waals surface area contributed by atoms with Crippen molar-refractivity contribution in [3.8, 4) is 0 Å². The third-order valence-electron chi connectivity index (χ3n) is 4.81. The summed E-state index contributed by atoms with van der Waals surface area (Å²) >= 11 is 9.64. The van der Waals surface area contributed by atoms with Gasteiger partial charge in [0.25, 0.3) is 0 Å². The van der Waals surface area contributed by atoms with Crippen LogP contribution in [0.2, 0.25) is 5.02 Å². The lowest BCUT2D eigenvalue weighted by Crippen LogP contribution is -2.38. The van der Waals surface area contributed by atoms with Crippen LogP contribution in [0.1, 0.15) is 34.9 Å². The molecule has 5 heteroatoms. The SMILES string of the molecule is CC(=O)[C@](c1ccc(Br)cc1)(c1ccnc(CO)c1)c1ccc(Cl)cc1C. The molecule has 0 bridgehead atoms. The number of carbonyl (C=O) groups is 1. The Labute approximate surface area is 172 Å². The van der Waals surface area contributed by atoms with E-state index in [9.17, 15) is 9.90 Å². The lowest BCUT2D eigenvalue weighted by molar-refractivity contribution is -0.119. The summed E-state index contributed by atoms with van der Waals surface area (Å²) in [5, 5.41) is 10.2. The molecule has 2 aromatic carbocycles. The second kappa shape index (κ2) is 7.93. The Bertz CT molecular complexity index is 988. The first-order valence-corrected chi connectivity index (χ1v) is 9.66. The van der Waals surface area contributed by atoms with E-state index >= 15 is 0 Å². The molecule has 0 aliphatic rings. The molecule has 0 spiro atoms. The Hall–Kier alpha value is -2.01. The van der Waals surface area contributed by atoms with Crippen molar-refractivity contribution in [3.63, 3.8) is 0 Å². The van der Waals surface area contributed by atoms with Gasteiger partial charge in [0, 0.05) is 15.7 Å². The highest BCUT2D eigenvalue weighted by Crippen LogP contribution is 2.42. The van der Waals surface area contributed by atoms with Gasteiger partial charge in [-0.2, -0.15) is 0 Å². The van der Waals surface area contributed by atoms with Crippen molar-refractivity contribution in [2.45, 2.75) is 25.9 Å². The molecule has 0 amide bonds. The van der Waals surface area contributed by atoms with Crippen molar-refractivity contribution in [1.82, 2.24) is 4.98 Å². The van der Waals surface area contributed by atoms with Gasteiger partial charge in [0.05, 0.1) is 12.3 Å². The van der Waals surface area contributed by atoms with Crippen LogP contribution in [0.5, 0.6) is 0 Å². The average Bonchev–Trinajstić information content (AvgIpc) is 2.65. The highest BCUT2D eigenvalue weighted by molar-refractivity contribution is 9.10. The third kappa shape index (κ3) is 3.57. The van der Waals surface area contributed by atoms with Crippen LogP contribution in [-0.4, -0.2) is 15.9 Å². The Kier molecular flexibility index (Phi) is 5.80. The Morgan fingerprint density at radius 2 is 1.81 bits per heavy atom. The molecule has 1 aromatic heterocycles. The first-order chi connectivity index (χ1) is 12.9. The molecule has 0 fully saturated rings. The quantitative estimate of drug-likeness (QED) is 0.587. The van der Waals surface area contributed by atoms with Gasteiger partial charge in [0.1, 0.15) is 11.2 Å². The van der Waals surface area contributed by atoms with E-state index in [1.54, 1.807) is 25.3 Å². The van der Waals surface area contributed by atoms with Crippen molar-refractivity contribution in [2.24, 2.45) is 0 Å². The van der Waals surface area contributed by atoms with E-state index in [2.05, 4.69) is 20.9 Å². The van der Waals surface area contributed by atoms with Gasteiger partial charge in [-0.3, -0.25) is 9.78 Å². The first kappa shape index (κ1) is 19.7. The standard InChI is InChI=1S/C22H19BrClNO2/c1-14-11-19(24)7-8-21(14)22(15(2)27,16-3-5-18(23)6-4-16)17-9-10-25-20(12-17)13-26/h3-12,26H,13H2,1-2H3/t22-/m0/s1. The summed E-state index contributed by atoms with van der Waals surface area (Å²) in [6.07, 6.45) is 1.63. The molecule has 0 saturated carbocycles. The monoisotopic (exact) mass is 443 g/mol. The van der Waals surface area contributed by atoms with E-state index in [4.69, 9.17) is 11.6 Å². The second-order valence-electron chi connectivity index (χ2n) is 6.47. The van der Waals surface area contributed by atoms with Gasteiger partial charge >= 0.3 is 0 Å². The number of carbonyl (C=O) groups excluding carboxylic acids is 1. The van der Waals surface area contributed by atoms with Crippen molar-refractivity contribution >= 4 is 33.3 Å². The average molecular weight is 445 g/mol. The Morgan fingerprint density at radius 3 is 2.41 bits per heavy atom. The van der Waals surface area contributed by atoms with Gasteiger partial charge in [-0.15, -0.1) is 0 Å². The van der Waals surface area contributed by atoms with Crippen LogP contribution >= 0.6 is 27.5 Å². The highest BCUT2D eigenvalue weighted by atomic mass is 79.9. The van der Waals surface area contributed by atoms with Crippen LogP contribution in [0.3, 0.4) is 0 Å². The molecule has 1 atom stereocenters. The zero-order valence-electron chi connectivity index (χ0n) is 15.0. The van der Waals surface area contributed by atoms with Crippen LogP contribution in [0.25, 0.3) is 0 Å². The van der Waals surface area contributed by atoms with Crippen LogP contribution in [0, 0.1) is 6.92 Å². The van der Waals surface area contributed by atoms with Gasteiger partial charge in [0.15, 0.2) is 0 Å². The number of pyridine rings is 1.